The van der Waals surface area contributed by atoms with Gasteiger partial charge in [-0.05, 0) is 56.7 Å². The lowest BCUT2D eigenvalue weighted by Gasteiger charge is -2.22. The molecule has 2 aromatic heterocycles. The number of benzene rings is 1. The van der Waals surface area contributed by atoms with Crippen LogP contribution in [-0.2, 0) is 5.60 Å². The van der Waals surface area contributed by atoms with Crippen molar-refractivity contribution in [2.75, 3.05) is 13.1 Å². The van der Waals surface area contributed by atoms with Crippen LogP contribution in [0.1, 0.15) is 38.1 Å². The number of aliphatic hydroxyl groups is 1. The molecule has 0 saturated carbocycles. The summed E-state index contributed by atoms with van der Waals surface area (Å²) in [6, 6.07) is 13.6. The van der Waals surface area contributed by atoms with Gasteiger partial charge >= 0.3 is 0 Å². The van der Waals surface area contributed by atoms with Crippen LogP contribution < -0.4 is 10.6 Å². The Balaban J connectivity index is 0.00000300. The molecule has 156 valence electrons. The molecule has 0 bridgehead atoms. The number of halogens is 1. The fraction of sp³-hybridized carbons (Fsp3) is 0.333. The second-order valence-corrected chi connectivity index (χ2v) is 6.86. The number of aromatic nitrogens is 2. The minimum Gasteiger partial charge on any atom is -0.466 e. The number of furan rings is 1. The van der Waals surface area contributed by atoms with Crippen LogP contribution in [0.15, 0.2) is 70.5 Å². The van der Waals surface area contributed by atoms with Crippen LogP contribution in [-0.4, -0.2) is 33.9 Å². The number of guanidine groups is 1. The van der Waals surface area contributed by atoms with Gasteiger partial charge in [-0.25, -0.2) is 9.67 Å². The highest BCUT2D eigenvalue weighted by Gasteiger charge is 2.26. The quantitative estimate of drug-likeness (QED) is 0.258. The summed E-state index contributed by atoms with van der Waals surface area (Å²) in [5, 5.41) is 21.5. The van der Waals surface area contributed by atoms with E-state index in [1.807, 2.05) is 36.0 Å². The molecule has 0 fully saturated rings. The lowest BCUT2D eigenvalue weighted by atomic mass is 10.0. The number of nitrogens with one attached hydrogen (secondary N) is 2. The van der Waals surface area contributed by atoms with Gasteiger partial charge < -0.3 is 20.2 Å². The Morgan fingerprint density at radius 3 is 2.79 bits per heavy atom. The van der Waals surface area contributed by atoms with E-state index in [4.69, 9.17) is 4.42 Å². The first-order valence-corrected chi connectivity index (χ1v) is 9.41. The molecule has 0 amide bonds. The largest absolute Gasteiger partial charge is 0.466 e. The second kappa shape index (κ2) is 10.4. The molecule has 2 unspecified atom stereocenters. The summed E-state index contributed by atoms with van der Waals surface area (Å²) >= 11 is 0. The van der Waals surface area contributed by atoms with E-state index in [2.05, 4.69) is 39.8 Å². The highest BCUT2D eigenvalue weighted by molar-refractivity contribution is 14.0. The minimum atomic E-state index is -1.17. The SMILES string of the molecule is CCNC(=NCC(C)(O)c1ccco1)NC(C)c1cccc(-n2cccn2)c1.I. The maximum absolute atomic E-state index is 10.6. The van der Waals surface area contributed by atoms with Crippen LogP contribution in [0, 0.1) is 0 Å². The Labute approximate surface area is 188 Å². The van der Waals surface area contributed by atoms with E-state index in [9.17, 15) is 5.11 Å². The van der Waals surface area contributed by atoms with Gasteiger partial charge in [0.25, 0.3) is 0 Å². The molecule has 0 aliphatic heterocycles. The smallest absolute Gasteiger partial charge is 0.191 e. The van der Waals surface area contributed by atoms with Crippen LogP contribution >= 0.6 is 24.0 Å². The summed E-state index contributed by atoms with van der Waals surface area (Å²) in [5.74, 6) is 1.12. The molecule has 0 aliphatic rings. The highest BCUT2D eigenvalue weighted by atomic mass is 127. The number of nitrogens with zero attached hydrogens (tertiary/aromatic N) is 3. The molecule has 3 N–H and O–H groups in total. The third kappa shape index (κ3) is 6.07. The lowest BCUT2D eigenvalue weighted by molar-refractivity contribution is 0.0437. The monoisotopic (exact) mass is 509 g/mol. The molecule has 1 aromatic carbocycles. The summed E-state index contributed by atoms with van der Waals surface area (Å²) < 4.78 is 7.15. The zero-order chi connectivity index (χ0) is 20.0. The molecule has 2 heterocycles. The van der Waals surface area contributed by atoms with Crippen molar-refractivity contribution >= 4 is 29.9 Å². The Hall–Kier alpha value is -2.33. The average molecular weight is 509 g/mol. The van der Waals surface area contributed by atoms with E-state index in [-0.39, 0.29) is 36.6 Å². The van der Waals surface area contributed by atoms with Crippen LogP contribution in [0.4, 0.5) is 0 Å². The molecule has 8 heteroatoms. The fourth-order valence-electron chi connectivity index (χ4n) is 2.86. The Kier molecular flexibility index (Phi) is 8.27. The number of hydrogen-bond acceptors (Lipinski definition) is 4. The molecule has 0 saturated heterocycles. The van der Waals surface area contributed by atoms with E-state index < -0.39 is 5.60 Å². The molecule has 7 nitrogen and oxygen atoms in total. The zero-order valence-electron chi connectivity index (χ0n) is 16.9. The van der Waals surface area contributed by atoms with Crippen molar-refractivity contribution in [3.8, 4) is 5.69 Å². The van der Waals surface area contributed by atoms with Gasteiger partial charge in [-0.1, -0.05) is 12.1 Å². The van der Waals surface area contributed by atoms with Crippen molar-refractivity contribution in [1.82, 2.24) is 20.4 Å². The van der Waals surface area contributed by atoms with E-state index in [1.165, 1.54) is 0 Å². The third-order valence-electron chi connectivity index (χ3n) is 4.43. The first kappa shape index (κ1) is 23.0. The Bertz CT molecular complexity index is 892. The molecule has 0 radical (unpaired) electrons. The van der Waals surface area contributed by atoms with E-state index in [0.29, 0.717) is 11.7 Å². The maximum atomic E-state index is 10.6. The third-order valence-corrected chi connectivity index (χ3v) is 4.43. The zero-order valence-corrected chi connectivity index (χ0v) is 19.2. The van der Waals surface area contributed by atoms with Crippen molar-refractivity contribution in [2.45, 2.75) is 32.4 Å². The molecule has 29 heavy (non-hydrogen) atoms. The van der Waals surface area contributed by atoms with Crippen molar-refractivity contribution in [1.29, 1.82) is 0 Å². The predicted molar refractivity (Wildman–Crippen MR) is 125 cm³/mol. The van der Waals surface area contributed by atoms with Crippen LogP contribution in [0.3, 0.4) is 0 Å². The standard InChI is InChI=1S/C21H27N5O2.HI/c1-4-22-20(23-15-21(3,27)19-10-6-13-28-19)25-16(2)17-8-5-9-18(14-17)26-12-7-11-24-26;/h5-14,16,27H,4,15H2,1-3H3,(H2,22,23,25);1H. The van der Waals surface area contributed by atoms with Crippen LogP contribution in [0.2, 0.25) is 0 Å². The van der Waals surface area contributed by atoms with Crippen molar-refractivity contribution < 1.29 is 9.52 Å². The summed E-state index contributed by atoms with van der Waals surface area (Å²) in [6.07, 6.45) is 5.22. The van der Waals surface area contributed by atoms with E-state index in [0.717, 1.165) is 17.8 Å². The van der Waals surface area contributed by atoms with Gasteiger partial charge in [0, 0.05) is 18.9 Å². The predicted octanol–water partition coefficient (Wildman–Crippen LogP) is 3.61. The Morgan fingerprint density at radius 1 is 1.31 bits per heavy atom. The summed E-state index contributed by atoms with van der Waals surface area (Å²) in [4.78, 5) is 4.55. The van der Waals surface area contributed by atoms with Gasteiger partial charge in [0.05, 0.1) is 24.5 Å². The molecule has 0 spiro atoms. The number of aliphatic imine (C=N–C) groups is 1. The van der Waals surface area contributed by atoms with Gasteiger partial charge in [0.15, 0.2) is 5.96 Å². The van der Waals surface area contributed by atoms with Crippen molar-refractivity contribution in [2.24, 2.45) is 4.99 Å². The van der Waals surface area contributed by atoms with Crippen LogP contribution in [0.25, 0.3) is 5.69 Å². The van der Waals surface area contributed by atoms with Gasteiger partial charge in [0.1, 0.15) is 11.4 Å². The van der Waals surface area contributed by atoms with Gasteiger partial charge in [-0.3, -0.25) is 0 Å². The molecular weight excluding hydrogens is 481 g/mol. The maximum Gasteiger partial charge on any atom is 0.191 e. The van der Waals surface area contributed by atoms with Gasteiger partial charge in [-0.2, -0.15) is 5.10 Å². The van der Waals surface area contributed by atoms with Gasteiger partial charge in [0.2, 0.25) is 0 Å². The second-order valence-electron chi connectivity index (χ2n) is 6.86. The van der Waals surface area contributed by atoms with Crippen LogP contribution in [0.5, 0.6) is 0 Å². The summed E-state index contributed by atoms with van der Waals surface area (Å²) in [7, 11) is 0. The molecular formula is C21H28IN5O2. The number of hydrogen-bond donors (Lipinski definition) is 3. The molecule has 2 atom stereocenters. The fourth-order valence-corrected chi connectivity index (χ4v) is 2.86. The topological polar surface area (TPSA) is 87.6 Å². The average Bonchev–Trinajstić information content (AvgIpc) is 3.40. The van der Waals surface area contributed by atoms with E-state index in [1.54, 1.807) is 31.5 Å². The summed E-state index contributed by atoms with van der Waals surface area (Å²) in [5.41, 5.74) is 0.935. The first-order valence-electron chi connectivity index (χ1n) is 9.41. The first-order chi connectivity index (χ1) is 13.5. The normalized spacial score (nSPS) is 14.6. The molecule has 0 aliphatic carbocycles. The minimum absolute atomic E-state index is 0. The number of rotatable bonds is 7. The molecule has 3 aromatic rings. The highest BCUT2D eigenvalue weighted by Crippen LogP contribution is 2.21. The molecule has 3 rings (SSSR count). The summed E-state index contributed by atoms with van der Waals surface area (Å²) in [6.45, 7) is 6.66. The lowest BCUT2D eigenvalue weighted by Crippen LogP contribution is -2.40. The van der Waals surface area contributed by atoms with Crippen molar-refractivity contribution in [3.63, 3.8) is 0 Å². The van der Waals surface area contributed by atoms with Crippen molar-refractivity contribution in [3.05, 3.63) is 72.4 Å². The Morgan fingerprint density at radius 2 is 2.14 bits per heavy atom. The van der Waals surface area contributed by atoms with Gasteiger partial charge in [-0.15, -0.1) is 24.0 Å². The van der Waals surface area contributed by atoms with E-state index >= 15 is 0 Å².